The van der Waals surface area contributed by atoms with Gasteiger partial charge in [-0.25, -0.2) is 0 Å². The molecule has 7 heteroatoms. The van der Waals surface area contributed by atoms with E-state index >= 15 is 0 Å². The maximum atomic E-state index is 12.7. The van der Waals surface area contributed by atoms with Crippen molar-refractivity contribution in [1.29, 1.82) is 0 Å². The zero-order chi connectivity index (χ0) is 19.4. The molecule has 0 saturated carbocycles. The van der Waals surface area contributed by atoms with Crippen LogP contribution in [0.3, 0.4) is 0 Å². The van der Waals surface area contributed by atoms with E-state index in [4.69, 9.17) is 13.9 Å². The Bertz CT molecular complexity index is 843. The number of nitrogens with zero attached hydrogens (tertiary/aromatic N) is 1. The van der Waals surface area contributed by atoms with E-state index in [9.17, 15) is 9.90 Å². The molecule has 1 aromatic carbocycles. The molecule has 1 fully saturated rings. The minimum absolute atomic E-state index is 0.0488. The molecule has 1 amide bonds. The quantitative estimate of drug-likeness (QED) is 0.805. The van der Waals surface area contributed by atoms with Crippen molar-refractivity contribution in [3.8, 4) is 0 Å². The Labute approximate surface area is 160 Å². The first kappa shape index (κ1) is 18.4. The number of fused-ring (bicyclic) bond motifs is 2. The van der Waals surface area contributed by atoms with Crippen LogP contribution in [0.4, 0.5) is 5.69 Å². The van der Waals surface area contributed by atoms with Gasteiger partial charge in [0.05, 0.1) is 31.4 Å². The fraction of sp³-hybridized carbons (Fsp3) is 0.450. The highest BCUT2D eigenvalue weighted by atomic mass is 28.4. The summed E-state index contributed by atoms with van der Waals surface area (Å²) in [6.45, 7) is 6.78. The topological polar surface area (TPSA) is 68.2 Å². The van der Waals surface area contributed by atoms with E-state index in [1.54, 1.807) is 12.0 Å². The molecule has 3 atom stereocenters. The molecule has 144 valence electrons. The van der Waals surface area contributed by atoms with Crippen molar-refractivity contribution in [2.45, 2.75) is 31.5 Å². The average Bonchev–Trinajstić information content (AvgIpc) is 2.97. The summed E-state index contributed by atoms with van der Waals surface area (Å²) in [6.07, 6.45) is 3.03. The number of aliphatic hydroxyl groups is 1. The minimum atomic E-state index is -1.70. The van der Waals surface area contributed by atoms with Gasteiger partial charge in [-0.1, -0.05) is 24.3 Å². The van der Waals surface area contributed by atoms with Gasteiger partial charge in [-0.15, -0.1) is 0 Å². The zero-order valence-corrected chi connectivity index (χ0v) is 17.1. The molecule has 0 aromatic heterocycles. The Hall–Kier alpha value is -1.93. The molecule has 27 heavy (non-hydrogen) atoms. The SMILES string of the molecule is COC1=CC(CO[Si](C)(C)C)=CC2C(O)c3ccccc3N3C(=O)COC123. The van der Waals surface area contributed by atoms with E-state index in [0.717, 1.165) is 11.1 Å². The van der Waals surface area contributed by atoms with Gasteiger partial charge in [0.2, 0.25) is 5.72 Å². The van der Waals surface area contributed by atoms with Crippen LogP contribution in [0, 0.1) is 5.92 Å². The lowest BCUT2D eigenvalue weighted by molar-refractivity contribution is -0.117. The van der Waals surface area contributed by atoms with Crippen LogP contribution < -0.4 is 4.90 Å². The van der Waals surface area contributed by atoms with Crippen molar-refractivity contribution in [2.75, 3.05) is 25.2 Å². The van der Waals surface area contributed by atoms with Gasteiger partial charge in [-0.3, -0.25) is 9.69 Å². The Morgan fingerprint density at radius 2 is 2.07 bits per heavy atom. The van der Waals surface area contributed by atoms with Crippen LogP contribution in [0.5, 0.6) is 0 Å². The number of para-hydroxylation sites is 1. The summed E-state index contributed by atoms with van der Waals surface area (Å²) in [5.41, 5.74) is 1.16. The maximum absolute atomic E-state index is 12.7. The third-order valence-electron chi connectivity index (χ3n) is 5.24. The predicted octanol–water partition coefficient (Wildman–Crippen LogP) is 2.73. The second kappa shape index (κ2) is 6.30. The Balaban J connectivity index is 1.83. The predicted molar refractivity (Wildman–Crippen MR) is 104 cm³/mol. The van der Waals surface area contributed by atoms with Crippen LogP contribution in [0.15, 0.2) is 47.7 Å². The summed E-state index contributed by atoms with van der Waals surface area (Å²) in [4.78, 5) is 14.4. The lowest BCUT2D eigenvalue weighted by Crippen LogP contribution is -2.59. The van der Waals surface area contributed by atoms with Crippen LogP contribution in [-0.2, 0) is 18.7 Å². The van der Waals surface area contributed by atoms with Gasteiger partial charge in [0.15, 0.2) is 8.32 Å². The summed E-state index contributed by atoms with van der Waals surface area (Å²) in [5.74, 6) is -0.0971. The van der Waals surface area contributed by atoms with Gasteiger partial charge in [0, 0.05) is 5.56 Å². The van der Waals surface area contributed by atoms with Crippen molar-refractivity contribution in [2.24, 2.45) is 5.92 Å². The summed E-state index contributed by atoms with van der Waals surface area (Å²) in [7, 11) is -0.133. The summed E-state index contributed by atoms with van der Waals surface area (Å²) >= 11 is 0. The highest BCUT2D eigenvalue weighted by Crippen LogP contribution is 2.54. The van der Waals surface area contributed by atoms with Gasteiger partial charge in [0.25, 0.3) is 5.91 Å². The first-order valence-electron chi connectivity index (χ1n) is 9.13. The average molecular weight is 388 g/mol. The highest BCUT2D eigenvalue weighted by Gasteiger charge is 2.62. The Kier molecular flexibility index (Phi) is 4.30. The molecule has 0 bridgehead atoms. The number of carbonyl (C=O) groups is 1. The highest BCUT2D eigenvalue weighted by molar-refractivity contribution is 6.69. The van der Waals surface area contributed by atoms with Crippen molar-refractivity contribution in [1.82, 2.24) is 0 Å². The first-order valence-corrected chi connectivity index (χ1v) is 12.5. The van der Waals surface area contributed by atoms with Crippen LogP contribution in [0.2, 0.25) is 19.6 Å². The second-order valence-corrected chi connectivity index (χ2v) is 12.6. The largest absolute Gasteiger partial charge is 0.496 e. The zero-order valence-electron chi connectivity index (χ0n) is 16.1. The van der Waals surface area contributed by atoms with Crippen molar-refractivity contribution in [3.05, 3.63) is 53.3 Å². The normalized spacial score (nSPS) is 29.5. The van der Waals surface area contributed by atoms with Gasteiger partial charge in [0.1, 0.15) is 12.4 Å². The molecule has 4 rings (SSSR count). The molecule has 0 radical (unpaired) electrons. The standard InChI is InChI=1S/C20H25NO5Si/c1-24-17-10-13(11-26-27(2,3)4)9-15-19(23)14-7-5-6-8-16(14)21-18(22)12-25-20(15,17)21/h5-10,15,19,23H,11-12H2,1-4H3. The fourth-order valence-electron chi connectivity index (χ4n) is 4.09. The van der Waals surface area contributed by atoms with Crippen molar-refractivity contribution < 1.29 is 23.8 Å². The molecule has 6 nitrogen and oxygen atoms in total. The number of anilines is 1. The molecule has 2 heterocycles. The monoisotopic (exact) mass is 387 g/mol. The van der Waals surface area contributed by atoms with Crippen LogP contribution >= 0.6 is 0 Å². The Morgan fingerprint density at radius 1 is 1.33 bits per heavy atom. The number of hydrogen-bond donors (Lipinski definition) is 1. The van der Waals surface area contributed by atoms with Gasteiger partial charge < -0.3 is 19.0 Å². The number of rotatable bonds is 4. The maximum Gasteiger partial charge on any atom is 0.255 e. The molecular formula is C20H25NO5Si. The van der Waals surface area contributed by atoms with Gasteiger partial charge >= 0.3 is 0 Å². The number of aliphatic hydroxyl groups excluding tert-OH is 1. The molecule has 1 aromatic rings. The fourth-order valence-corrected chi connectivity index (χ4v) is 4.69. The number of benzene rings is 1. The first-order chi connectivity index (χ1) is 12.8. The molecule has 3 aliphatic rings. The van der Waals surface area contributed by atoms with E-state index < -0.39 is 26.1 Å². The summed E-state index contributed by atoms with van der Waals surface area (Å²) in [5, 5.41) is 11.2. The van der Waals surface area contributed by atoms with E-state index in [-0.39, 0.29) is 12.5 Å². The van der Waals surface area contributed by atoms with Gasteiger partial charge in [-0.05, 0) is 37.4 Å². The molecule has 1 aliphatic carbocycles. The van der Waals surface area contributed by atoms with Gasteiger partial charge in [-0.2, -0.15) is 0 Å². The van der Waals surface area contributed by atoms with Crippen molar-refractivity contribution in [3.63, 3.8) is 0 Å². The lowest BCUT2D eigenvalue weighted by atomic mass is 9.75. The number of ether oxygens (including phenoxy) is 2. The molecule has 1 N–H and O–H groups in total. The smallest absolute Gasteiger partial charge is 0.255 e. The molecule has 3 unspecified atom stereocenters. The second-order valence-electron chi connectivity index (χ2n) is 8.10. The van der Waals surface area contributed by atoms with E-state index in [1.807, 2.05) is 36.4 Å². The third-order valence-corrected chi connectivity index (χ3v) is 6.25. The van der Waals surface area contributed by atoms with E-state index in [0.29, 0.717) is 18.1 Å². The van der Waals surface area contributed by atoms with Crippen LogP contribution in [0.25, 0.3) is 0 Å². The van der Waals surface area contributed by atoms with E-state index in [1.165, 1.54) is 0 Å². The number of carbonyl (C=O) groups excluding carboxylic acids is 1. The summed E-state index contributed by atoms with van der Waals surface area (Å²) in [6, 6.07) is 7.41. The number of hydrogen-bond acceptors (Lipinski definition) is 5. The number of amides is 1. The van der Waals surface area contributed by atoms with Crippen molar-refractivity contribution >= 4 is 19.9 Å². The third kappa shape index (κ3) is 2.77. The van der Waals surface area contributed by atoms with Crippen LogP contribution in [-0.4, -0.2) is 45.4 Å². The lowest BCUT2D eigenvalue weighted by Gasteiger charge is -2.49. The van der Waals surface area contributed by atoms with Crippen LogP contribution in [0.1, 0.15) is 11.7 Å². The molecule has 1 saturated heterocycles. The molecule has 2 aliphatic heterocycles. The minimum Gasteiger partial charge on any atom is -0.496 e. The number of methoxy groups -OCH3 is 1. The summed E-state index contributed by atoms with van der Waals surface area (Å²) < 4.78 is 17.8. The molecule has 1 spiro atoms. The Morgan fingerprint density at radius 3 is 2.78 bits per heavy atom. The molecular weight excluding hydrogens is 362 g/mol. The van der Waals surface area contributed by atoms with E-state index in [2.05, 4.69) is 19.6 Å².